The number of nitrogens with one attached hydrogen (secondary N) is 1. The summed E-state index contributed by atoms with van der Waals surface area (Å²) in [5.41, 5.74) is 1.43. The first kappa shape index (κ1) is 20.1. The topological polar surface area (TPSA) is 62.8 Å². The van der Waals surface area contributed by atoms with Gasteiger partial charge in [0.05, 0.1) is 15.7 Å². The highest BCUT2D eigenvalue weighted by Gasteiger charge is 2.51. The molecule has 2 saturated heterocycles. The van der Waals surface area contributed by atoms with Gasteiger partial charge < -0.3 is 14.8 Å². The van der Waals surface area contributed by atoms with Crippen LogP contribution in [0.3, 0.4) is 0 Å². The molecule has 1 N–H and O–H groups in total. The monoisotopic (exact) mass is 499 g/mol. The Labute approximate surface area is 193 Å². The number of halogens is 2. The fraction of sp³-hybridized carbons (Fsp3) is 0.391. The predicted octanol–water partition coefficient (Wildman–Crippen LogP) is 3.80. The summed E-state index contributed by atoms with van der Waals surface area (Å²) >= 11 is 3.22. The number of fused-ring (bicyclic) bond motifs is 2. The van der Waals surface area contributed by atoms with Gasteiger partial charge in [0, 0.05) is 43.2 Å². The number of hydrogen-bond acceptors (Lipinski definition) is 7. The van der Waals surface area contributed by atoms with Crippen LogP contribution in [0.1, 0.15) is 6.42 Å². The summed E-state index contributed by atoms with van der Waals surface area (Å²) in [5.74, 6) is 1.47. The SMILES string of the molecule is CN1CCC12CN(C[C@H]1COc3cc4ncnc(Nc5cccc(Br)c5F)c4cc3O1)C2. The Morgan fingerprint density at radius 3 is 2.91 bits per heavy atom. The molecule has 9 heteroatoms. The van der Waals surface area contributed by atoms with E-state index in [9.17, 15) is 4.39 Å². The third-order valence-corrected chi connectivity index (χ3v) is 7.46. The zero-order chi connectivity index (χ0) is 21.9. The summed E-state index contributed by atoms with van der Waals surface area (Å²) in [6, 6.07) is 8.83. The fourth-order valence-corrected chi connectivity index (χ4v) is 5.20. The standard InChI is InChI=1S/C23H23BrFN5O2/c1-29-6-5-23(29)11-30(12-23)9-14-10-31-19-8-18-15(7-20(19)32-14)22(27-13-26-18)28-17-4-2-3-16(24)21(17)25/h2-4,7-8,13-14H,5-6,9-12H2,1H3,(H,26,27,28)/t14-/m0/s1. The maximum atomic E-state index is 14.5. The molecule has 0 unspecified atom stereocenters. The Hall–Kier alpha value is -2.49. The zero-order valence-corrected chi connectivity index (χ0v) is 19.2. The van der Waals surface area contributed by atoms with Crippen molar-refractivity contribution in [1.82, 2.24) is 19.8 Å². The summed E-state index contributed by atoms with van der Waals surface area (Å²) in [6.45, 7) is 4.73. The molecule has 7 nitrogen and oxygen atoms in total. The van der Waals surface area contributed by atoms with Gasteiger partial charge in [-0.25, -0.2) is 14.4 Å². The molecule has 0 radical (unpaired) electrons. The van der Waals surface area contributed by atoms with E-state index >= 15 is 0 Å². The van der Waals surface area contributed by atoms with Crippen molar-refractivity contribution in [3.63, 3.8) is 0 Å². The van der Waals surface area contributed by atoms with Gasteiger partial charge in [-0.3, -0.25) is 9.80 Å². The molecule has 3 aliphatic heterocycles. The minimum absolute atomic E-state index is 0.0359. The quantitative estimate of drug-likeness (QED) is 0.585. The smallest absolute Gasteiger partial charge is 0.163 e. The number of rotatable bonds is 4. The van der Waals surface area contributed by atoms with E-state index in [0.717, 1.165) is 25.0 Å². The molecule has 6 rings (SSSR count). The number of aromatic nitrogens is 2. The van der Waals surface area contributed by atoms with Crippen LogP contribution in [0.4, 0.5) is 15.9 Å². The first-order valence-electron chi connectivity index (χ1n) is 10.7. The van der Waals surface area contributed by atoms with Gasteiger partial charge in [-0.15, -0.1) is 0 Å². The minimum atomic E-state index is -0.374. The van der Waals surface area contributed by atoms with Crippen LogP contribution in [0.5, 0.6) is 11.5 Å². The maximum absolute atomic E-state index is 14.5. The van der Waals surface area contributed by atoms with Crippen LogP contribution in [0.25, 0.3) is 10.9 Å². The zero-order valence-electron chi connectivity index (χ0n) is 17.6. The van der Waals surface area contributed by atoms with Crippen LogP contribution >= 0.6 is 15.9 Å². The first-order valence-corrected chi connectivity index (χ1v) is 11.5. The van der Waals surface area contributed by atoms with Gasteiger partial charge >= 0.3 is 0 Å². The lowest BCUT2D eigenvalue weighted by Crippen LogP contribution is -2.76. The summed E-state index contributed by atoms with van der Waals surface area (Å²) in [7, 11) is 2.20. The van der Waals surface area contributed by atoms with Crippen LogP contribution in [0.15, 0.2) is 41.1 Å². The molecule has 1 aromatic heterocycles. The van der Waals surface area contributed by atoms with Crippen LogP contribution < -0.4 is 14.8 Å². The minimum Gasteiger partial charge on any atom is -0.486 e. The number of anilines is 2. The molecule has 0 saturated carbocycles. The van der Waals surface area contributed by atoms with Gasteiger partial charge in [0.15, 0.2) is 17.3 Å². The molecular weight excluding hydrogens is 477 g/mol. The number of benzene rings is 2. The molecule has 32 heavy (non-hydrogen) atoms. The number of likely N-dealkylation sites (tertiary alicyclic amines) is 2. The van der Waals surface area contributed by atoms with E-state index in [1.54, 1.807) is 18.2 Å². The number of hydrogen-bond donors (Lipinski definition) is 1. The summed E-state index contributed by atoms with van der Waals surface area (Å²) in [6.07, 6.45) is 2.70. The first-order chi connectivity index (χ1) is 15.5. The molecule has 166 valence electrons. The highest BCUT2D eigenvalue weighted by molar-refractivity contribution is 9.10. The Bertz CT molecular complexity index is 1200. The molecule has 0 bridgehead atoms. The normalized spacial score (nSPS) is 21.9. The molecule has 0 aliphatic carbocycles. The van der Waals surface area contributed by atoms with E-state index in [1.807, 2.05) is 12.1 Å². The van der Waals surface area contributed by atoms with E-state index in [2.05, 4.69) is 48.1 Å². The van der Waals surface area contributed by atoms with Crippen LogP contribution in [0.2, 0.25) is 0 Å². The molecule has 3 aliphatic rings. The van der Waals surface area contributed by atoms with E-state index < -0.39 is 0 Å². The average Bonchev–Trinajstić information content (AvgIpc) is 2.76. The van der Waals surface area contributed by atoms with E-state index in [4.69, 9.17) is 9.47 Å². The summed E-state index contributed by atoms with van der Waals surface area (Å²) in [4.78, 5) is 13.6. The lowest BCUT2D eigenvalue weighted by Gasteiger charge is -2.62. The lowest BCUT2D eigenvalue weighted by atomic mass is 9.78. The molecule has 0 amide bonds. The average molecular weight is 500 g/mol. The van der Waals surface area contributed by atoms with Crippen molar-refractivity contribution in [2.45, 2.75) is 18.1 Å². The van der Waals surface area contributed by atoms with Gasteiger partial charge in [-0.1, -0.05) is 6.07 Å². The Morgan fingerprint density at radius 1 is 1.25 bits per heavy atom. The third-order valence-electron chi connectivity index (χ3n) is 6.84. The number of likely N-dealkylation sites (N-methyl/N-ethyl adjacent to an activating group) is 1. The van der Waals surface area contributed by atoms with Crippen molar-refractivity contribution in [3.05, 3.63) is 46.9 Å². The molecule has 2 fully saturated rings. The predicted molar refractivity (Wildman–Crippen MR) is 123 cm³/mol. The second-order valence-corrected chi connectivity index (χ2v) is 9.74. The van der Waals surface area contributed by atoms with Crippen molar-refractivity contribution in [3.8, 4) is 11.5 Å². The van der Waals surface area contributed by atoms with Gasteiger partial charge in [-0.2, -0.15) is 0 Å². The molecule has 1 spiro atoms. The van der Waals surface area contributed by atoms with Gasteiger partial charge in [-0.05, 0) is 47.6 Å². The second-order valence-electron chi connectivity index (χ2n) is 8.88. The fourth-order valence-electron chi connectivity index (χ4n) is 4.84. The largest absolute Gasteiger partial charge is 0.486 e. The van der Waals surface area contributed by atoms with Crippen molar-refractivity contribution in [2.75, 3.05) is 45.2 Å². The Balaban J connectivity index is 1.23. The molecule has 3 aromatic rings. The molecule has 2 aromatic carbocycles. The van der Waals surface area contributed by atoms with Crippen LogP contribution in [-0.4, -0.2) is 71.2 Å². The van der Waals surface area contributed by atoms with Crippen molar-refractivity contribution in [1.29, 1.82) is 0 Å². The van der Waals surface area contributed by atoms with E-state index in [1.165, 1.54) is 19.3 Å². The van der Waals surface area contributed by atoms with E-state index in [-0.39, 0.29) is 11.9 Å². The molecule has 1 atom stereocenters. The van der Waals surface area contributed by atoms with Crippen molar-refractivity contribution < 1.29 is 13.9 Å². The maximum Gasteiger partial charge on any atom is 0.163 e. The van der Waals surface area contributed by atoms with Crippen LogP contribution in [-0.2, 0) is 0 Å². The van der Waals surface area contributed by atoms with Gasteiger partial charge in [0.1, 0.15) is 24.9 Å². The number of ether oxygens (including phenoxy) is 2. The molecular formula is C23H23BrFN5O2. The van der Waals surface area contributed by atoms with Crippen molar-refractivity contribution >= 4 is 38.3 Å². The van der Waals surface area contributed by atoms with Gasteiger partial charge in [0.25, 0.3) is 0 Å². The Morgan fingerprint density at radius 2 is 2.12 bits per heavy atom. The summed E-state index contributed by atoms with van der Waals surface area (Å²) < 4.78 is 27.2. The summed E-state index contributed by atoms with van der Waals surface area (Å²) in [5, 5.41) is 3.83. The van der Waals surface area contributed by atoms with Crippen LogP contribution in [0, 0.1) is 5.82 Å². The number of nitrogens with zero attached hydrogens (tertiary/aromatic N) is 4. The third kappa shape index (κ3) is 3.30. The molecule has 4 heterocycles. The Kier molecular flexibility index (Phi) is 4.74. The lowest BCUT2D eigenvalue weighted by molar-refractivity contribution is -0.119. The second kappa shape index (κ2) is 7.54. The highest BCUT2D eigenvalue weighted by atomic mass is 79.9. The van der Waals surface area contributed by atoms with Crippen molar-refractivity contribution in [2.24, 2.45) is 0 Å². The van der Waals surface area contributed by atoms with E-state index in [0.29, 0.717) is 45.1 Å². The highest BCUT2D eigenvalue weighted by Crippen LogP contribution is 2.40. The van der Waals surface area contributed by atoms with Gasteiger partial charge in [0.2, 0.25) is 0 Å².